The van der Waals surface area contributed by atoms with Crippen molar-refractivity contribution in [3.63, 3.8) is 0 Å². The number of nitrogens with one attached hydrogen (secondary N) is 1. The monoisotopic (exact) mass is 250 g/mol. The van der Waals surface area contributed by atoms with Crippen LogP contribution < -0.4 is 5.32 Å². The van der Waals surface area contributed by atoms with E-state index in [4.69, 9.17) is 5.26 Å². The summed E-state index contributed by atoms with van der Waals surface area (Å²) >= 11 is 0. The zero-order valence-electron chi connectivity index (χ0n) is 10.4. The van der Waals surface area contributed by atoms with Crippen LogP contribution in [-0.2, 0) is 10.8 Å². The van der Waals surface area contributed by atoms with E-state index in [0.717, 1.165) is 12.1 Å². The molecular formula is C13H18N2OS. The second-order valence-corrected chi connectivity index (χ2v) is 5.97. The highest BCUT2D eigenvalue weighted by Gasteiger charge is 2.09. The molecule has 3 unspecified atom stereocenters. The molecule has 0 saturated carbocycles. The van der Waals surface area contributed by atoms with Crippen LogP contribution in [0.2, 0.25) is 0 Å². The molecule has 0 aliphatic heterocycles. The fourth-order valence-electron chi connectivity index (χ4n) is 1.42. The molecule has 1 aromatic carbocycles. The summed E-state index contributed by atoms with van der Waals surface area (Å²) in [6, 6.07) is 9.83. The van der Waals surface area contributed by atoms with Crippen LogP contribution in [0.4, 0.5) is 0 Å². The lowest BCUT2D eigenvalue weighted by molar-refractivity contribution is 0.569. The summed E-state index contributed by atoms with van der Waals surface area (Å²) in [7, 11) is -0.794. The molecule has 0 fully saturated rings. The maximum Gasteiger partial charge on any atom is 0.0991 e. The number of nitriles is 1. The molecule has 0 radical (unpaired) electrons. The molecule has 0 amide bonds. The molecule has 17 heavy (non-hydrogen) atoms. The largest absolute Gasteiger partial charge is 0.309 e. The lowest BCUT2D eigenvalue weighted by Gasteiger charge is -2.16. The highest BCUT2D eigenvalue weighted by molar-refractivity contribution is 7.84. The van der Waals surface area contributed by atoms with Crippen molar-refractivity contribution in [1.82, 2.24) is 5.32 Å². The highest BCUT2D eigenvalue weighted by atomic mass is 32.2. The molecule has 0 saturated heterocycles. The van der Waals surface area contributed by atoms with Gasteiger partial charge in [-0.15, -0.1) is 0 Å². The van der Waals surface area contributed by atoms with Crippen molar-refractivity contribution in [2.45, 2.75) is 25.1 Å². The van der Waals surface area contributed by atoms with Gasteiger partial charge < -0.3 is 5.32 Å². The van der Waals surface area contributed by atoms with E-state index in [1.54, 1.807) is 6.26 Å². The quantitative estimate of drug-likeness (QED) is 0.869. The number of hydrogen-bond acceptors (Lipinski definition) is 3. The molecule has 1 N–H and O–H groups in total. The third kappa shape index (κ3) is 4.29. The van der Waals surface area contributed by atoms with Crippen LogP contribution in [0.25, 0.3) is 0 Å². The van der Waals surface area contributed by atoms with Crippen molar-refractivity contribution < 1.29 is 4.21 Å². The van der Waals surface area contributed by atoms with Gasteiger partial charge in [-0.3, -0.25) is 4.21 Å². The SMILES string of the molecule is CC(NCC(C)S(C)=O)c1ccc(C#N)cc1. The minimum absolute atomic E-state index is 0.149. The van der Waals surface area contributed by atoms with Crippen LogP contribution in [0.3, 0.4) is 0 Å². The number of rotatable bonds is 5. The summed E-state index contributed by atoms with van der Waals surface area (Å²) in [5, 5.41) is 12.2. The lowest BCUT2D eigenvalue weighted by atomic mass is 10.1. The second kappa shape index (κ2) is 6.53. The third-order valence-electron chi connectivity index (χ3n) is 2.82. The van der Waals surface area contributed by atoms with Gasteiger partial charge in [0.15, 0.2) is 0 Å². The summed E-state index contributed by atoms with van der Waals surface area (Å²) in [6.07, 6.45) is 1.72. The molecule has 92 valence electrons. The van der Waals surface area contributed by atoms with Crippen molar-refractivity contribution in [1.29, 1.82) is 5.26 Å². The van der Waals surface area contributed by atoms with E-state index in [1.165, 1.54) is 0 Å². The van der Waals surface area contributed by atoms with Crippen LogP contribution in [-0.4, -0.2) is 22.3 Å². The molecule has 1 aromatic rings. The molecule has 0 aromatic heterocycles. The van der Waals surface area contributed by atoms with Gasteiger partial charge in [0, 0.05) is 34.9 Å². The van der Waals surface area contributed by atoms with Crippen molar-refractivity contribution in [2.75, 3.05) is 12.8 Å². The van der Waals surface area contributed by atoms with E-state index in [9.17, 15) is 4.21 Å². The van der Waals surface area contributed by atoms with Crippen molar-refractivity contribution in [2.24, 2.45) is 0 Å². The summed E-state index contributed by atoms with van der Waals surface area (Å²) in [4.78, 5) is 0. The Hall–Kier alpha value is -1.18. The van der Waals surface area contributed by atoms with Crippen LogP contribution in [0.5, 0.6) is 0 Å². The van der Waals surface area contributed by atoms with E-state index < -0.39 is 10.8 Å². The summed E-state index contributed by atoms with van der Waals surface area (Å²) in [5.74, 6) is 0. The molecule has 1 rings (SSSR count). The van der Waals surface area contributed by atoms with Crippen molar-refractivity contribution >= 4 is 10.8 Å². The van der Waals surface area contributed by atoms with Gasteiger partial charge in [-0.25, -0.2) is 0 Å². The molecular weight excluding hydrogens is 232 g/mol. The van der Waals surface area contributed by atoms with Gasteiger partial charge in [-0.2, -0.15) is 5.26 Å². The average molecular weight is 250 g/mol. The second-order valence-electron chi connectivity index (χ2n) is 4.17. The Morgan fingerprint density at radius 2 is 1.94 bits per heavy atom. The molecule has 3 atom stereocenters. The van der Waals surface area contributed by atoms with Crippen LogP contribution in [0, 0.1) is 11.3 Å². The van der Waals surface area contributed by atoms with E-state index in [0.29, 0.717) is 5.56 Å². The fraction of sp³-hybridized carbons (Fsp3) is 0.462. The smallest absolute Gasteiger partial charge is 0.0991 e. The first kappa shape index (κ1) is 13.9. The fourth-order valence-corrected chi connectivity index (χ4v) is 1.76. The maximum absolute atomic E-state index is 11.2. The highest BCUT2D eigenvalue weighted by Crippen LogP contribution is 2.13. The number of nitrogens with zero attached hydrogens (tertiary/aromatic N) is 1. The molecule has 4 heteroatoms. The third-order valence-corrected chi connectivity index (χ3v) is 4.12. The van der Waals surface area contributed by atoms with Crippen LogP contribution >= 0.6 is 0 Å². The standard InChI is InChI=1S/C13H18N2OS/c1-10(17(3)16)9-15-11(2)13-6-4-12(8-14)5-7-13/h4-7,10-11,15H,9H2,1-3H3. The predicted octanol–water partition coefficient (Wildman–Crippen LogP) is 1.98. The summed E-state index contributed by atoms with van der Waals surface area (Å²) in [5.41, 5.74) is 1.81. The molecule has 3 nitrogen and oxygen atoms in total. The van der Waals surface area contributed by atoms with Gasteiger partial charge in [0.05, 0.1) is 11.6 Å². The Kier molecular flexibility index (Phi) is 5.33. The van der Waals surface area contributed by atoms with Gasteiger partial charge >= 0.3 is 0 Å². The Labute approximate surface area is 105 Å². The predicted molar refractivity (Wildman–Crippen MR) is 71.1 cm³/mol. The van der Waals surface area contributed by atoms with E-state index >= 15 is 0 Å². The molecule has 0 spiro atoms. The van der Waals surface area contributed by atoms with Gasteiger partial charge in [-0.1, -0.05) is 12.1 Å². The zero-order valence-corrected chi connectivity index (χ0v) is 11.3. The van der Waals surface area contributed by atoms with Crippen molar-refractivity contribution in [3.8, 4) is 6.07 Å². The van der Waals surface area contributed by atoms with E-state index in [1.807, 2.05) is 31.2 Å². The first-order valence-corrected chi connectivity index (χ1v) is 7.22. The van der Waals surface area contributed by atoms with Crippen LogP contribution in [0.1, 0.15) is 31.0 Å². The molecule has 0 aliphatic carbocycles. The van der Waals surface area contributed by atoms with E-state index in [-0.39, 0.29) is 11.3 Å². The van der Waals surface area contributed by atoms with Gasteiger partial charge in [-0.05, 0) is 31.5 Å². The first-order valence-electron chi connectivity index (χ1n) is 5.60. The first-order chi connectivity index (χ1) is 8.04. The minimum atomic E-state index is -0.794. The Morgan fingerprint density at radius 1 is 1.35 bits per heavy atom. The Bertz CT molecular complexity index is 422. The van der Waals surface area contributed by atoms with Crippen molar-refractivity contribution in [3.05, 3.63) is 35.4 Å². The number of benzene rings is 1. The van der Waals surface area contributed by atoms with Gasteiger partial charge in [0.25, 0.3) is 0 Å². The summed E-state index contributed by atoms with van der Waals surface area (Å²) in [6.45, 7) is 4.76. The minimum Gasteiger partial charge on any atom is -0.309 e. The van der Waals surface area contributed by atoms with Gasteiger partial charge in [0.1, 0.15) is 0 Å². The average Bonchev–Trinajstić information content (AvgIpc) is 2.35. The van der Waals surface area contributed by atoms with E-state index in [2.05, 4.69) is 18.3 Å². The molecule has 0 heterocycles. The topological polar surface area (TPSA) is 52.9 Å². The number of hydrogen-bond donors (Lipinski definition) is 1. The van der Waals surface area contributed by atoms with Crippen LogP contribution in [0.15, 0.2) is 24.3 Å². The van der Waals surface area contributed by atoms with Gasteiger partial charge in [0.2, 0.25) is 0 Å². The zero-order chi connectivity index (χ0) is 12.8. The maximum atomic E-state index is 11.2. The molecule has 0 aliphatic rings. The summed E-state index contributed by atoms with van der Waals surface area (Å²) < 4.78 is 11.2. The lowest BCUT2D eigenvalue weighted by Crippen LogP contribution is -2.29. The normalized spacial score (nSPS) is 15.9. The Balaban J connectivity index is 2.55. The molecule has 0 bridgehead atoms. The Morgan fingerprint density at radius 3 is 2.41 bits per heavy atom.